The number of rotatable bonds is 18. The standard InChI is InChI=1S/C31H32O12/c1-40-26-17-20(11-15-24(26)42-30(38)7-3-5-28(34)35)9-13-22(32)19-23(33)14-10-21-12-16-25(27(18-21)41-2)43-31(39)8-4-6-29(36)37/h9-18H,3-8,19H2,1-2H3,(H,34,35)(H,36,37)/b13-9+,14-10+. The third kappa shape index (κ3) is 12.9. The van der Waals surface area contributed by atoms with Crippen LogP contribution in [0.2, 0.25) is 0 Å². The van der Waals surface area contributed by atoms with Crippen LogP contribution in [-0.4, -0.2) is 59.9 Å². The van der Waals surface area contributed by atoms with Gasteiger partial charge in [-0.05, 0) is 60.4 Å². The zero-order valence-electron chi connectivity index (χ0n) is 23.7. The van der Waals surface area contributed by atoms with Crippen molar-refractivity contribution in [2.45, 2.75) is 44.9 Å². The first-order valence-electron chi connectivity index (χ1n) is 13.1. The molecule has 0 radical (unpaired) electrons. The van der Waals surface area contributed by atoms with Crippen LogP contribution in [0.25, 0.3) is 12.2 Å². The average Bonchev–Trinajstić information content (AvgIpc) is 2.95. The van der Waals surface area contributed by atoms with Crippen molar-refractivity contribution >= 4 is 47.6 Å². The highest BCUT2D eigenvalue weighted by Gasteiger charge is 2.13. The maximum atomic E-state index is 12.3. The number of ketones is 2. The largest absolute Gasteiger partial charge is 0.493 e. The zero-order valence-corrected chi connectivity index (χ0v) is 23.7. The molecule has 0 heterocycles. The summed E-state index contributed by atoms with van der Waals surface area (Å²) in [7, 11) is 2.75. The molecule has 0 aliphatic heterocycles. The van der Waals surface area contributed by atoms with E-state index in [0.29, 0.717) is 11.1 Å². The van der Waals surface area contributed by atoms with Gasteiger partial charge < -0.3 is 29.2 Å². The third-order valence-electron chi connectivity index (χ3n) is 5.64. The van der Waals surface area contributed by atoms with Crippen LogP contribution in [0.4, 0.5) is 0 Å². The van der Waals surface area contributed by atoms with Gasteiger partial charge in [0, 0.05) is 25.7 Å². The molecule has 0 spiro atoms. The Labute approximate surface area is 247 Å². The van der Waals surface area contributed by atoms with Crippen molar-refractivity contribution in [3.63, 3.8) is 0 Å². The molecule has 228 valence electrons. The SMILES string of the molecule is COc1cc(/C=C/C(=O)CC(=O)/C=C/c2ccc(OC(=O)CCCC(=O)O)c(OC)c2)ccc1OC(=O)CCCC(=O)O. The smallest absolute Gasteiger partial charge is 0.311 e. The molecule has 2 aromatic carbocycles. The monoisotopic (exact) mass is 596 g/mol. The molecule has 0 fully saturated rings. The molecule has 0 amide bonds. The van der Waals surface area contributed by atoms with Crippen LogP contribution in [0.1, 0.15) is 56.1 Å². The number of hydrogen-bond donors (Lipinski definition) is 2. The number of benzene rings is 2. The lowest BCUT2D eigenvalue weighted by Crippen LogP contribution is -2.09. The number of carboxylic acid groups (broad SMARTS) is 2. The molecule has 2 aromatic rings. The van der Waals surface area contributed by atoms with Crippen molar-refractivity contribution in [2.24, 2.45) is 0 Å². The van der Waals surface area contributed by atoms with Gasteiger partial charge in [-0.15, -0.1) is 0 Å². The fraction of sp³-hybridized carbons (Fsp3) is 0.290. The van der Waals surface area contributed by atoms with E-state index in [0.717, 1.165) is 0 Å². The summed E-state index contributed by atoms with van der Waals surface area (Å²) in [6.45, 7) is 0. The Hall–Kier alpha value is -5.26. The predicted octanol–water partition coefficient (Wildman–Crippen LogP) is 4.28. The van der Waals surface area contributed by atoms with Crippen molar-refractivity contribution in [3.8, 4) is 23.0 Å². The van der Waals surface area contributed by atoms with Crippen molar-refractivity contribution in [1.82, 2.24) is 0 Å². The Balaban J connectivity index is 1.93. The first kappa shape index (κ1) is 33.9. The minimum absolute atomic E-state index is 0.0695. The summed E-state index contributed by atoms with van der Waals surface area (Å²) in [6, 6.07) is 9.19. The topological polar surface area (TPSA) is 180 Å². The Morgan fingerprint density at radius 3 is 1.35 bits per heavy atom. The number of carbonyl (C=O) groups is 6. The number of methoxy groups -OCH3 is 2. The first-order valence-corrected chi connectivity index (χ1v) is 13.1. The number of ether oxygens (including phenoxy) is 4. The number of esters is 2. The number of aliphatic carboxylic acids is 2. The van der Waals surface area contributed by atoms with Gasteiger partial charge in [0.2, 0.25) is 0 Å². The maximum Gasteiger partial charge on any atom is 0.311 e. The second-order valence-electron chi connectivity index (χ2n) is 9.04. The summed E-state index contributed by atoms with van der Waals surface area (Å²) in [5.41, 5.74) is 1.10. The number of carbonyl (C=O) groups excluding carboxylic acids is 4. The Bertz CT molecular complexity index is 1300. The molecule has 2 rings (SSSR count). The van der Waals surface area contributed by atoms with Gasteiger partial charge in [-0.2, -0.15) is 0 Å². The Morgan fingerprint density at radius 1 is 0.605 bits per heavy atom. The lowest BCUT2D eigenvalue weighted by atomic mass is 10.1. The quantitative estimate of drug-likeness (QED) is 0.108. The van der Waals surface area contributed by atoms with Crippen LogP contribution in [0.3, 0.4) is 0 Å². The number of carboxylic acids is 2. The van der Waals surface area contributed by atoms with Crippen molar-refractivity contribution in [2.75, 3.05) is 14.2 Å². The summed E-state index contributed by atoms with van der Waals surface area (Å²) in [4.78, 5) is 69.7. The molecular formula is C31H32O12. The second-order valence-corrected chi connectivity index (χ2v) is 9.04. The van der Waals surface area contributed by atoms with Gasteiger partial charge in [0.15, 0.2) is 34.6 Å². The zero-order chi connectivity index (χ0) is 31.8. The van der Waals surface area contributed by atoms with E-state index in [9.17, 15) is 28.8 Å². The van der Waals surface area contributed by atoms with E-state index in [2.05, 4.69) is 0 Å². The van der Waals surface area contributed by atoms with Gasteiger partial charge in [-0.25, -0.2) is 0 Å². The van der Waals surface area contributed by atoms with Gasteiger partial charge in [0.25, 0.3) is 0 Å². The van der Waals surface area contributed by atoms with Crippen molar-refractivity contribution in [1.29, 1.82) is 0 Å². The first-order chi connectivity index (χ1) is 20.5. The molecule has 0 aliphatic carbocycles. The van der Waals surface area contributed by atoms with Crippen LogP contribution in [0, 0.1) is 0 Å². The summed E-state index contributed by atoms with van der Waals surface area (Å²) in [5, 5.41) is 17.3. The van der Waals surface area contributed by atoms with Gasteiger partial charge >= 0.3 is 23.9 Å². The fourth-order valence-corrected chi connectivity index (χ4v) is 3.53. The lowest BCUT2D eigenvalue weighted by Gasteiger charge is -2.10. The summed E-state index contributed by atoms with van der Waals surface area (Å²) < 4.78 is 20.9. The predicted molar refractivity (Wildman–Crippen MR) is 153 cm³/mol. The summed E-state index contributed by atoms with van der Waals surface area (Å²) in [6.07, 6.45) is 4.89. The molecule has 2 N–H and O–H groups in total. The van der Waals surface area contributed by atoms with Gasteiger partial charge in [-0.3, -0.25) is 28.8 Å². The van der Waals surface area contributed by atoms with Crippen LogP contribution in [-0.2, 0) is 28.8 Å². The minimum atomic E-state index is -1.00. The molecule has 0 saturated carbocycles. The van der Waals surface area contributed by atoms with E-state index in [4.69, 9.17) is 29.2 Å². The highest BCUT2D eigenvalue weighted by atomic mass is 16.6. The molecule has 12 heteroatoms. The van der Waals surface area contributed by atoms with Crippen LogP contribution in [0.15, 0.2) is 48.6 Å². The van der Waals surface area contributed by atoms with Crippen LogP contribution in [0.5, 0.6) is 23.0 Å². The van der Waals surface area contributed by atoms with Gasteiger partial charge in [0.1, 0.15) is 0 Å². The highest BCUT2D eigenvalue weighted by Crippen LogP contribution is 2.30. The number of hydrogen-bond acceptors (Lipinski definition) is 10. The molecule has 12 nitrogen and oxygen atoms in total. The van der Waals surface area contributed by atoms with Gasteiger partial charge in [-0.1, -0.05) is 24.3 Å². The van der Waals surface area contributed by atoms with Crippen molar-refractivity contribution < 1.29 is 57.9 Å². The molecule has 0 bridgehead atoms. The molecule has 0 saturated heterocycles. The fourth-order valence-electron chi connectivity index (χ4n) is 3.53. The van der Waals surface area contributed by atoms with E-state index in [1.54, 1.807) is 12.1 Å². The van der Waals surface area contributed by atoms with E-state index in [1.165, 1.54) is 62.8 Å². The molecule has 0 unspecified atom stereocenters. The molecule has 0 aliphatic rings. The number of allylic oxidation sites excluding steroid dienone is 2. The Kier molecular flexibility index (Phi) is 13.8. The molecular weight excluding hydrogens is 564 g/mol. The van der Waals surface area contributed by atoms with Crippen LogP contribution >= 0.6 is 0 Å². The van der Waals surface area contributed by atoms with E-state index >= 15 is 0 Å². The normalized spacial score (nSPS) is 10.8. The van der Waals surface area contributed by atoms with E-state index in [1.807, 2.05) is 0 Å². The van der Waals surface area contributed by atoms with E-state index < -0.39 is 35.4 Å². The molecule has 0 atom stereocenters. The van der Waals surface area contributed by atoms with Gasteiger partial charge in [0.05, 0.1) is 20.6 Å². The second kappa shape index (κ2) is 17.5. The van der Waals surface area contributed by atoms with Crippen LogP contribution < -0.4 is 18.9 Å². The lowest BCUT2D eigenvalue weighted by molar-refractivity contribution is -0.139. The average molecular weight is 597 g/mol. The molecule has 0 aromatic heterocycles. The summed E-state index contributed by atoms with van der Waals surface area (Å²) in [5.74, 6) is -3.38. The highest BCUT2D eigenvalue weighted by molar-refractivity contribution is 6.10. The Morgan fingerprint density at radius 2 is 1.00 bits per heavy atom. The molecule has 43 heavy (non-hydrogen) atoms. The summed E-state index contributed by atoms with van der Waals surface area (Å²) >= 11 is 0. The maximum absolute atomic E-state index is 12.3. The third-order valence-corrected chi connectivity index (χ3v) is 5.64. The minimum Gasteiger partial charge on any atom is -0.493 e. The van der Waals surface area contributed by atoms with E-state index in [-0.39, 0.29) is 67.9 Å². The van der Waals surface area contributed by atoms with Crippen molar-refractivity contribution in [3.05, 3.63) is 59.7 Å².